The van der Waals surface area contributed by atoms with E-state index in [4.69, 9.17) is 10.5 Å². The highest BCUT2D eigenvalue weighted by Crippen LogP contribution is 2.24. The van der Waals surface area contributed by atoms with Crippen molar-refractivity contribution < 1.29 is 14.5 Å². The summed E-state index contributed by atoms with van der Waals surface area (Å²) in [7, 11) is 0. The van der Waals surface area contributed by atoms with Crippen LogP contribution in [0.3, 0.4) is 0 Å². The summed E-state index contributed by atoms with van der Waals surface area (Å²) in [4.78, 5) is 24.7. The van der Waals surface area contributed by atoms with Gasteiger partial charge in [-0.2, -0.15) is 0 Å². The second kappa shape index (κ2) is 5.30. The molecular formula is C10H12BrN3O4. The molecule has 0 fully saturated rings. The number of carbonyl (C=O) groups is 1. The van der Waals surface area contributed by atoms with Crippen LogP contribution >= 0.6 is 15.9 Å². The number of hydrogen-bond acceptors (Lipinski definition) is 5. The average Bonchev–Trinajstić information content (AvgIpc) is 2.18. The largest absolute Gasteiger partial charge is 0.443 e. The maximum atomic E-state index is 10.7. The normalized spacial score (nSPS) is 11.1. The highest BCUT2D eigenvalue weighted by molar-refractivity contribution is 9.10. The molecule has 0 aliphatic carbocycles. The first kappa shape index (κ1) is 14.4. The number of amides is 1. The number of nitro groups is 1. The Labute approximate surface area is 112 Å². The second-order valence-corrected chi connectivity index (χ2v) is 5.08. The van der Waals surface area contributed by atoms with E-state index in [1.165, 1.54) is 6.07 Å². The topological polar surface area (TPSA) is 108 Å². The van der Waals surface area contributed by atoms with E-state index in [0.717, 1.165) is 0 Å². The number of aromatic nitrogens is 1. The molecule has 2 N–H and O–H groups in total. The predicted octanol–water partition coefficient (Wildman–Crippen LogP) is 2.17. The van der Waals surface area contributed by atoms with Gasteiger partial charge in [-0.1, -0.05) is 0 Å². The standard InChI is InChI=1S/C10H12BrN3O4/c1-10(2,18-9(12)15)5-6-3-4-7(11)8(13-6)14(16)17/h3-4H,5H2,1-2H3,(H2,12,15). The van der Waals surface area contributed by atoms with Crippen LogP contribution in [-0.2, 0) is 11.2 Å². The van der Waals surface area contributed by atoms with Crippen molar-refractivity contribution in [3.8, 4) is 0 Å². The van der Waals surface area contributed by atoms with Crippen molar-refractivity contribution in [2.45, 2.75) is 25.9 Å². The molecule has 1 aromatic heterocycles. The Bertz CT molecular complexity index is 490. The fraction of sp³-hybridized carbons (Fsp3) is 0.400. The summed E-state index contributed by atoms with van der Waals surface area (Å²) in [6.07, 6.45) is -0.670. The molecular weight excluding hydrogens is 306 g/mol. The van der Waals surface area contributed by atoms with Crippen LogP contribution < -0.4 is 5.73 Å². The highest BCUT2D eigenvalue weighted by atomic mass is 79.9. The first-order chi connectivity index (χ1) is 8.21. The number of hydrogen-bond donors (Lipinski definition) is 1. The summed E-state index contributed by atoms with van der Waals surface area (Å²) < 4.78 is 5.19. The average molecular weight is 318 g/mol. The Morgan fingerprint density at radius 3 is 2.72 bits per heavy atom. The summed E-state index contributed by atoms with van der Waals surface area (Å²) >= 11 is 3.04. The summed E-state index contributed by atoms with van der Waals surface area (Å²) in [5, 5.41) is 10.7. The molecule has 18 heavy (non-hydrogen) atoms. The van der Waals surface area contributed by atoms with Gasteiger partial charge in [0.1, 0.15) is 10.1 Å². The molecule has 0 saturated heterocycles. The number of primary amides is 1. The van der Waals surface area contributed by atoms with Gasteiger partial charge >= 0.3 is 11.9 Å². The smallest absolute Gasteiger partial charge is 0.405 e. The SMILES string of the molecule is CC(C)(Cc1ccc(Br)c([N+](=O)[O-])n1)OC(N)=O. The van der Waals surface area contributed by atoms with Crippen LogP contribution in [0.5, 0.6) is 0 Å². The number of rotatable bonds is 4. The Balaban J connectivity index is 2.95. The maximum absolute atomic E-state index is 10.7. The van der Waals surface area contributed by atoms with E-state index in [-0.39, 0.29) is 12.2 Å². The van der Waals surface area contributed by atoms with Gasteiger partial charge in [-0.25, -0.2) is 4.79 Å². The number of nitrogens with zero attached hydrogens (tertiary/aromatic N) is 2. The number of halogens is 1. The Morgan fingerprint density at radius 2 is 2.22 bits per heavy atom. The molecule has 0 aliphatic heterocycles. The lowest BCUT2D eigenvalue weighted by Crippen LogP contribution is -2.33. The zero-order valence-corrected chi connectivity index (χ0v) is 11.4. The molecule has 0 radical (unpaired) electrons. The number of carbonyl (C=O) groups excluding carboxylic acids is 1. The second-order valence-electron chi connectivity index (χ2n) is 4.22. The molecule has 1 aromatic rings. The molecule has 0 aromatic carbocycles. The van der Waals surface area contributed by atoms with Crippen LogP contribution in [0.1, 0.15) is 19.5 Å². The zero-order chi connectivity index (χ0) is 13.9. The minimum atomic E-state index is -0.897. The molecule has 0 aliphatic rings. The number of ether oxygens (including phenoxy) is 1. The van der Waals surface area contributed by atoms with Gasteiger partial charge < -0.3 is 20.6 Å². The van der Waals surface area contributed by atoms with Gasteiger partial charge in [-0.05, 0) is 51.8 Å². The molecule has 7 nitrogen and oxygen atoms in total. The monoisotopic (exact) mass is 317 g/mol. The first-order valence-electron chi connectivity index (χ1n) is 4.99. The van der Waals surface area contributed by atoms with E-state index in [9.17, 15) is 14.9 Å². The van der Waals surface area contributed by atoms with Crippen molar-refractivity contribution in [2.75, 3.05) is 0 Å². The van der Waals surface area contributed by atoms with E-state index < -0.39 is 16.6 Å². The number of pyridine rings is 1. The van der Waals surface area contributed by atoms with Crippen LogP contribution in [0.25, 0.3) is 0 Å². The van der Waals surface area contributed by atoms with E-state index in [1.54, 1.807) is 19.9 Å². The van der Waals surface area contributed by atoms with Crippen molar-refractivity contribution in [3.05, 3.63) is 32.4 Å². The van der Waals surface area contributed by atoms with Crippen molar-refractivity contribution in [2.24, 2.45) is 5.73 Å². The molecule has 98 valence electrons. The number of nitrogens with two attached hydrogens (primary N) is 1. The minimum Gasteiger partial charge on any atom is -0.443 e. The molecule has 8 heteroatoms. The van der Waals surface area contributed by atoms with Gasteiger partial charge in [0.25, 0.3) is 0 Å². The third kappa shape index (κ3) is 3.95. The van der Waals surface area contributed by atoms with Crippen LogP contribution in [0, 0.1) is 10.1 Å². The van der Waals surface area contributed by atoms with E-state index in [2.05, 4.69) is 20.9 Å². The summed E-state index contributed by atoms with van der Waals surface area (Å²) in [6, 6.07) is 3.14. The van der Waals surface area contributed by atoms with Gasteiger partial charge in [0.15, 0.2) is 5.69 Å². The van der Waals surface area contributed by atoms with E-state index >= 15 is 0 Å². The fourth-order valence-electron chi connectivity index (χ4n) is 1.44. The van der Waals surface area contributed by atoms with Crippen LogP contribution in [0.15, 0.2) is 16.6 Å². The Morgan fingerprint density at radius 1 is 1.61 bits per heavy atom. The molecule has 1 amide bonds. The van der Waals surface area contributed by atoms with E-state index in [1.807, 2.05) is 0 Å². The fourth-order valence-corrected chi connectivity index (χ4v) is 1.81. The van der Waals surface area contributed by atoms with Gasteiger partial charge in [0.2, 0.25) is 0 Å². The van der Waals surface area contributed by atoms with Crippen molar-refractivity contribution in [3.63, 3.8) is 0 Å². The molecule has 0 spiro atoms. The lowest BCUT2D eigenvalue weighted by molar-refractivity contribution is -0.390. The summed E-state index contributed by atoms with van der Waals surface area (Å²) in [6.45, 7) is 3.29. The first-order valence-corrected chi connectivity index (χ1v) is 5.79. The maximum Gasteiger partial charge on any atom is 0.405 e. The summed E-state index contributed by atoms with van der Waals surface area (Å²) in [5.74, 6) is -0.276. The lowest BCUT2D eigenvalue weighted by atomic mass is 10.0. The summed E-state index contributed by atoms with van der Waals surface area (Å²) in [5.41, 5.74) is 4.50. The molecule has 0 atom stereocenters. The lowest BCUT2D eigenvalue weighted by Gasteiger charge is -2.22. The zero-order valence-electron chi connectivity index (χ0n) is 9.84. The van der Waals surface area contributed by atoms with Crippen LogP contribution in [-0.4, -0.2) is 21.6 Å². The highest BCUT2D eigenvalue weighted by Gasteiger charge is 2.26. The minimum absolute atomic E-state index is 0.226. The third-order valence-corrected chi connectivity index (χ3v) is 2.66. The predicted molar refractivity (Wildman–Crippen MR) is 67.0 cm³/mol. The molecule has 1 rings (SSSR count). The molecule has 0 bridgehead atoms. The molecule has 1 heterocycles. The van der Waals surface area contributed by atoms with Crippen molar-refractivity contribution in [1.82, 2.24) is 4.98 Å². The van der Waals surface area contributed by atoms with Gasteiger partial charge in [0.05, 0.1) is 6.42 Å². The molecule has 0 unspecified atom stereocenters. The van der Waals surface area contributed by atoms with Gasteiger partial charge in [-0.15, -0.1) is 0 Å². The van der Waals surface area contributed by atoms with Crippen molar-refractivity contribution in [1.29, 1.82) is 0 Å². The molecule has 0 saturated carbocycles. The third-order valence-electron chi connectivity index (χ3n) is 2.04. The Kier molecular flexibility index (Phi) is 4.23. The van der Waals surface area contributed by atoms with Gasteiger partial charge in [-0.3, -0.25) is 0 Å². The van der Waals surface area contributed by atoms with Crippen LogP contribution in [0.2, 0.25) is 0 Å². The van der Waals surface area contributed by atoms with E-state index in [0.29, 0.717) is 10.2 Å². The quantitative estimate of drug-likeness (QED) is 0.676. The van der Waals surface area contributed by atoms with Crippen LogP contribution in [0.4, 0.5) is 10.6 Å². The van der Waals surface area contributed by atoms with Gasteiger partial charge in [0, 0.05) is 0 Å². The Hall–Kier alpha value is -1.70. The van der Waals surface area contributed by atoms with Crippen molar-refractivity contribution >= 4 is 27.8 Å².